The molecular formula is C23H21ClF7N3O2S. The first kappa shape index (κ1) is 29.1. The summed E-state index contributed by atoms with van der Waals surface area (Å²) in [7, 11) is 0. The minimum Gasteiger partial charge on any atom is -0.379 e. The van der Waals surface area contributed by atoms with Crippen molar-refractivity contribution in [3.8, 4) is 0 Å². The van der Waals surface area contributed by atoms with Gasteiger partial charge in [0.25, 0.3) is 5.91 Å². The van der Waals surface area contributed by atoms with Crippen LogP contribution in [0.5, 0.6) is 0 Å². The number of hydrogen-bond acceptors (Lipinski definition) is 5. The van der Waals surface area contributed by atoms with E-state index in [4.69, 9.17) is 4.74 Å². The number of thiazole rings is 1. The summed E-state index contributed by atoms with van der Waals surface area (Å²) in [6.07, 6.45) is -9.81. The average molecular weight is 572 g/mol. The summed E-state index contributed by atoms with van der Waals surface area (Å²) >= 11 is 0.924. The Morgan fingerprint density at radius 1 is 1.00 bits per heavy atom. The first-order valence-corrected chi connectivity index (χ1v) is 11.7. The molecule has 0 saturated carbocycles. The zero-order valence-electron chi connectivity index (χ0n) is 19.0. The number of aromatic nitrogens is 1. The third-order valence-corrected chi connectivity index (χ3v) is 6.65. The van der Waals surface area contributed by atoms with Crippen molar-refractivity contribution in [3.63, 3.8) is 0 Å². The van der Waals surface area contributed by atoms with Crippen LogP contribution in [0.25, 0.3) is 10.2 Å². The highest BCUT2D eigenvalue weighted by Gasteiger charge is 2.38. The van der Waals surface area contributed by atoms with Crippen LogP contribution in [0, 0.1) is 5.82 Å². The lowest BCUT2D eigenvalue weighted by atomic mass is 10.0. The van der Waals surface area contributed by atoms with Crippen LogP contribution in [0.2, 0.25) is 0 Å². The number of fused-ring (bicyclic) bond motifs is 1. The number of nitrogens with zero attached hydrogens (tertiary/aromatic N) is 3. The van der Waals surface area contributed by atoms with Crippen LogP contribution in [0.15, 0.2) is 36.4 Å². The Morgan fingerprint density at radius 3 is 2.22 bits per heavy atom. The maximum atomic E-state index is 13.7. The van der Waals surface area contributed by atoms with E-state index in [0.29, 0.717) is 61.6 Å². The van der Waals surface area contributed by atoms with Gasteiger partial charge in [-0.15, -0.1) is 12.4 Å². The highest BCUT2D eigenvalue weighted by atomic mass is 35.5. The van der Waals surface area contributed by atoms with Crippen molar-refractivity contribution in [1.82, 2.24) is 9.88 Å². The number of carbonyl (C=O) groups excluding carboxylic acids is 1. The van der Waals surface area contributed by atoms with Gasteiger partial charge < -0.3 is 4.74 Å². The number of rotatable bonds is 6. The number of benzene rings is 2. The van der Waals surface area contributed by atoms with Crippen molar-refractivity contribution in [3.05, 3.63) is 58.9 Å². The number of alkyl halides is 6. The molecule has 1 amide bonds. The standard InChI is InChI=1S/C23H20F7N3O2S.ClH/c24-17-2-3-18-19(13-17)36-21(31-18)33(5-1-4-32-6-8-35-9-7-32)20(34)14-10-15(22(25,26)27)12-16(11-14)23(28,29)30;/h2-3,10-13H,1,4-9H2;1H. The van der Waals surface area contributed by atoms with Gasteiger partial charge in [0.2, 0.25) is 0 Å². The second-order valence-corrected chi connectivity index (χ2v) is 9.18. The fourth-order valence-electron chi connectivity index (χ4n) is 3.80. The topological polar surface area (TPSA) is 45.7 Å². The molecule has 4 rings (SSSR count). The molecule has 37 heavy (non-hydrogen) atoms. The Morgan fingerprint density at radius 2 is 1.62 bits per heavy atom. The molecule has 2 aromatic carbocycles. The van der Waals surface area contributed by atoms with E-state index >= 15 is 0 Å². The lowest BCUT2D eigenvalue weighted by Crippen LogP contribution is -2.39. The normalized spacial score (nSPS) is 15.0. The van der Waals surface area contributed by atoms with E-state index in [-0.39, 0.29) is 30.1 Å². The van der Waals surface area contributed by atoms with Crippen molar-refractivity contribution in [1.29, 1.82) is 0 Å². The van der Waals surface area contributed by atoms with Crippen LogP contribution < -0.4 is 4.90 Å². The van der Waals surface area contributed by atoms with Gasteiger partial charge in [0, 0.05) is 31.7 Å². The smallest absolute Gasteiger partial charge is 0.379 e. The monoisotopic (exact) mass is 571 g/mol. The molecule has 0 radical (unpaired) electrons. The summed E-state index contributed by atoms with van der Waals surface area (Å²) in [4.78, 5) is 20.8. The summed E-state index contributed by atoms with van der Waals surface area (Å²) in [6.45, 7) is 2.92. The highest BCUT2D eigenvalue weighted by Crippen LogP contribution is 2.37. The predicted octanol–water partition coefficient (Wildman–Crippen LogP) is 6.26. The summed E-state index contributed by atoms with van der Waals surface area (Å²) in [5.74, 6) is -1.61. The number of anilines is 1. The Bertz CT molecular complexity index is 1210. The van der Waals surface area contributed by atoms with Crippen molar-refractivity contribution in [2.24, 2.45) is 0 Å². The molecule has 0 bridgehead atoms. The Labute approximate surface area is 217 Å². The van der Waals surface area contributed by atoms with Gasteiger partial charge in [0.15, 0.2) is 5.13 Å². The van der Waals surface area contributed by atoms with Crippen LogP contribution in [0.4, 0.5) is 35.9 Å². The van der Waals surface area contributed by atoms with Crippen LogP contribution >= 0.6 is 23.7 Å². The van der Waals surface area contributed by atoms with E-state index in [9.17, 15) is 35.5 Å². The minimum atomic E-state index is -5.09. The molecule has 0 spiro atoms. The van der Waals surface area contributed by atoms with Crippen molar-refractivity contribution in [2.45, 2.75) is 18.8 Å². The molecule has 2 heterocycles. The van der Waals surface area contributed by atoms with Crippen LogP contribution in [0.1, 0.15) is 27.9 Å². The van der Waals surface area contributed by atoms with Gasteiger partial charge >= 0.3 is 12.4 Å². The fourth-order valence-corrected chi connectivity index (χ4v) is 4.81. The minimum absolute atomic E-state index is 0. The van der Waals surface area contributed by atoms with E-state index in [1.807, 2.05) is 0 Å². The van der Waals surface area contributed by atoms with Crippen LogP contribution in [-0.4, -0.2) is 55.2 Å². The van der Waals surface area contributed by atoms with Gasteiger partial charge in [-0.2, -0.15) is 26.3 Å². The number of carbonyl (C=O) groups is 1. The Kier molecular flexibility index (Phi) is 9.04. The number of amides is 1. The summed E-state index contributed by atoms with van der Waals surface area (Å²) in [6, 6.07) is 4.52. The quantitative estimate of drug-likeness (QED) is 0.328. The van der Waals surface area contributed by atoms with Crippen molar-refractivity contribution >= 4 is 45.0 Å². The van der Waals surface area contributed by atoms with E-state index in [1.54, 1.807) is 0 Å². The first-order chi connectivity index (χ1) is 16.9. The summed E-state index contributed by atoms with van der Waals surface area (Å²) < 4.78 is 99.5. The maximum Gasteiger partial charge on any atom is 0.416 e. The third kappa shape index (κ3) is 7.09. The van der Waals surface area contributed by atoms with Gasteiger partial charge in [-0.05, 0) is 42.8 Å². The average Bonchev–Trinajstić information content (AvgIpc) is 3.23. The molecule has 1 aromatic heterocycles. The van der Waals surface area contributed by atoms with Gasteiger partial charge in [0.1, 0.15) is 5.82 Å². The number of halogens is 8. The van der Waals surface area contributed by atoms with Crippen LogP contribution in [0.3, 0.4) is 0 Å². The molecule has 0 N–H and O–H groups in total. The van der Waals surface area contributed by atoms with Gasteiger partial charge in [-0.25, -0.2) is 9.37 Å². The SMILES string of the molecule is Cl.O=C(c1cc(C(F)(F)F)cc(C(F)(F)F)c1)N(CCCN1CCOCC1)c1nc2ccc(F)cc2s1. The molecule has 1 aliphatic rings. The largest absolute Gasteiger partial charge is 0.416 e. The lowest BCUT2D eigenvalue weighted by Gasteiger charge is -2.28. The van der Waals surface area contributed by atoms with E-state index < -0.39 is 40.8 Å². The molecule has 3 aromatic rings. The molecule has 1 aliphatic heterocycles. The number of hydrogen-bond donors (Lipinski definition) is 0. The second-order valence-electron chi connectivity index (χ2n) is 8.17. The molecule has 202 valence electrons. The number of ether oxygens (including phenoxy) is 1. The van der Waals surface area contributed by atoms with E-state index in [2.05, 4.69) is 9.88 Å². The molecule has 0 unspecified atom stereocenters. The molecule has 14 heteroatoms. The highest BCUT2D eigenvalue weighted by molar-refractivity contribution is 7.22. The van der Waals surface area contributed by atoms with E-state index in [1.165, 1.54) is 18.2 Å². The molecule has 0 atom stereocenters. The maximum absolute atomic E-state index is 13.7. The summed E-state index contributed by atoms with van der Waals surface area (Å²) in [5.41, 5.74) is -3.59. The van der Waals surface area contributed by atoms with Crippen LogP contribution in [-0.2, 0) is 17.1 Å². The number of morpholine rings is 1. The van der Waals surface area contributed by atoms with Gasteiger partial charge in [-0.1, -0.05) is 11.3 Å². The predicted molar refractivity (Wildman–Crippen MR) is 127 cm³/mol. The summed E-state index contributed by atoms with van der Waals surface area (Å²) in [5, 5.41) is 0.0496. The molecule has 0 aliphatic carbocycles. The second kappa shape index (κ2) is 11.5. The molecular weight excluding hydrogens is 551 g/mol. The molecule has 1 saturated heterocycles. The molecule has 1 fully saturated rings. The Balaban J connectivity index is 0.00000380. The zero-order chi connectivity index (χ0) is 26.1. The van der Waals surface area contributed by atoms with Gasteiger partial charge in [-0.3, -0.25) is 14.6 Å². The third-order valence-electron chi connectivity index (χ3n) is 5.61. The first-order valence-electron chi connectivity index (χ1n) is 10.9. The zero-order valence-corrected chi connectivity index (χ0v) is 20.7. The molecule has 5 nitrogen and oxygen atoms in total. The van der Waals surface area contributed by atoms with Crippen molar-refractivity contribution < 1.29 is 40.3 Å². The Hall–Kier alpha value is -2.48. The fraction of sp³-hybridized carbons (Fsp3) is 0.391. The van der Waals surface area contributed by atoms with Crippen molar-refractivity contribution in [2.75, 3.05) is 44.3 Å². The lowest BCUT2D eigenvalue weighted by molar-refractivity contribution is -0.143. The van der Waals surface area contributed by atoms with Gasteiger partial charge in [0.05, 0.1) is 34.6 Å². The van der Waals surface area contributed by atoms with E-state index in [0.717, 1.165) is 16.2 Å².